The first kappa shape index (κ1) is 19.6. The smallest absolute Gasteiger partial charge is 0.251 e. The van der Waals surface area contributed by atoms with E-state index in [1.807, 2.05) is 42.0 Å². The molecule has 0 saturated heterocycles. The number of sulfonamides is 1. The maximum atomic E-state index is 12.4. The van der Waals surface area contributed by atoms with Crippen LogP contribution >= 0.6 is 0 Å². The number of hydrogen-bond donors (Lipinski definition) is 2. The van der Waals surface area contributed by atoms with Gasteiger partial charge in [0.2, 0.25) is 10.0 Å². The van der Waals surface area contributed by atoms with Crippen molar-refractivity contribution in [3.05, 3.63) is 77.4 Å². The molecule has 2 N–H and O–H groups in total. The van der Waals surface area contributed by atoms with Crippen molar-refractivity contribution in [2.24, 2.45) is 0 Å². The average molecular weight is 398 g/mol. The summed E-state index contributed by atoms with van der Waals surface area (Å²) in [5.41, 5.74) is 3.60. The lowest BCUT2D eigenvalue weighted by molar-refractivity contribution is 0.0951. The Hall–Kier alpha value is -3.13. The van der Waals surface area contributed by atoms with Crippen LogP contribution in [0.1, 0.15) is 27.3 Å². The summed E-state index contributed by atoms with van der Waals surface area (Å²) < 4.78 is 27.1. The Kier molecular flexibility index (Phi) is 5.51. The van der Waals surface area contributed by atoms with Crippen molar-refractivity contribution in [1.29, 1.82) is 0 Å². The van der Waals surface area contributed by atoms with Crippen molar-refractivity contribution in [3.63, 3.8) is 0 Å². The molecule has 3 aromatic rings. The molecule has 0 unspecified atom stereocenters. The van der Waals surface area contributed by atoms with Gasteiger partial charge in [-0.3, -0.25) is 9.52 Å². The lowest BCUT2D eigenvalue weighted by atomic mass is 10.1. The lowest BCUT2D eigenvalue weighted by Crippen LogP contribution is -2.23. The summed E-state index contributed by atoms with van der Waals surface area (Å²) in [5.74, 6) is 0.689. The summed E-state index contributed by atoms with van der Waals surface area (Å²) in [6.07, 6.45) is 4.74. The fourth-order valence-electron chi connectivity index (χ4n) is 2.83. The minimum atomic E-state index is -3.36. The molecule has 146 valence electrons. The lowest BCUT2D eigenvalue weighted by Gasteiger charge is -2.11. The van der Waals surface area contributed by atoms with Gasteiger partial charge in [0.25, 0.3) is 5.91 Å². The second-order valence-corrected chi connectivity index (χ2v) is 8.35. The highest BCUT2D eigenvalue weighted by atomic mass is 32.2. The fraction of sp³-hybridized carbons (Fsp3) is 0.200. The Bertz CT molecular complexity index is 1100. The van der Waals surface area contributed by atoms with Gasteiger partial charge >= 0.3 is 0 Å². The molecular weight excluding hydrogens is 376 g/mol. The Morgan fingerprint density at radius 1 is 1.11 bits per heavy atom. The van der Waals surface area contributed by atoms with Crippen LogP contribution in [0.3, 0.4) is 0 Å². The van der Waals surface area contributed by atoms with Crippen LogP contribution in [0.4, 0.5) is 5.69 Å². The number of benzene rings is 2. The van der Waals surface area contributed by atoms with Crippen LogP contribution in [0.25, 0.3) is 5.69 Å². The molecule has 7 nitrogen and oxygen atoms in total. The molecule has 3 rings (SSSR count). The highest BCUT2D eigenvalue weighted by molar-refractivity contribution is 7.92. The standard InChI is InChI=1S/C20H22N4O3S/c1-14-12-17(6-9-19(14)23-28(3,26)27)20(25)22-13-16-4-7-18(8-5-16)24-11-10-21-15(24)2/h4-12,23H,13H2,1-3H3,(H,22,25). The van der Waals surface area contributed by atoms with Crippen LogP contribution in [0.15, 0.2) is 54.9 Å². The van der Waals surface area contributed by atoms with Gasteiger partial charge in [0.05, 0.1) is 11.9 Å². The minimum Gasteiger partial charge on any atom is -0.348 e. The van der Waals surface area contributed by atoms with Crippen molar-refractivity contribution in [2.75, 3.05) is 11.0 Å². The summed E-state index contributed by atoms with van der Waals surface area (Å²) in [4.78, 5) is 16.6. The number of imidazole rings is 1. The second-order valence-electron chi connectivity index (χ2n) is 6.60. The molecule has 0 aliphatic rings. The summed E-state index contributed by atoms with van der Waals surface area (Å²) in [7, 11) is -3.36. The molecule has 0 aliphatic carbocycles. The summed E-state index contributed by atoms with van der Waals surface area (Å²) in [6.45, 7) is 4.08. The van der Waals surface area contributed by atoms with Crippen molar-refractivity contribution < 1.29 is 13.2 Å². The van der Waals surface area contributed by atoms with Gasteiger partial charge in [-0.25, -0.2) is 13.4 Å². The number of aryl methyl sites for hydroxylation is 2. The van der Waals surface area contributed by atoms with Crippen LogP contribution in [-0.4, -0.2) is 30.1 Å². The number of rotatable bonds is 6. The third-order valence-electron chi connectivity index (χ3n) is 4.28. The molecule has 1 heterocycles. The number of carbonyl (C=O) groups is 1. The quantitative estimate of drug-likeness (QED) is 0.668. The van der Waals surface area contributed by atoms with Gasteiger partial charge in [-0.05, 0) is 55.3 Å². The normalized spacial score (nSPS) is 11.2. The molecule has 0 fully saturated rings. The zero-order valence-electron chi connectivity index (χ0n) is 15.9. The number of nitrogens with zero attached hydrogens (tertiary/aromatic N) is 2. The van der Waals surface area contributed by atoms with E-state index in [0.29, 0.717) is 23.4 Å². The van der Waals surface area contributed by atoms with Crippen molar-refractivity contribution in [3.8, 4) is 5.69 Å². The summed E-state index contributed by atoms with van der Waals surface area (Å²) in [5, 5.41) is 2.88. The zero-order chi connectivity index (χ0) is 20.3. The molecule has 8 heteroatoms. The molecule has 0 aliphatic heterocycles. The predicted molar refractivity (Wildman–Crippen MR) is 109 cm³/mol. The Morgan fingerprint density at radius 2 is 1.82 bits per heavy atom. The van der Waals surface area contributed by atoms with Crippen molar-refractivity contribution in [1.82, 2.24) is 14.9 Å². The van der Waals surface area contributed by atoms with Crippen molar-refractivity contribution in [2.45, 2.75) is 20.4 Å². The number of nitrogens with one attached hydrogen (secondary N) is 2. The molecule has 0 bridgehead atoms. The van der Waals surface area contributed by atoms with E-state index in [-0.39, 0.29) is 5.91 Å². The Labute approximate surface area is 164 Å². The number of amides is 1. The maximum Gasteiger partial charge on any atom is 0.251 e. The van der Waals surface area contributed by atoms with Crippen molar-refractivity contribution >= 4 is 21.6 Å². The van der Waals surface area contributed by atoms with Gasteiger partial charge in [-0.15, -0.1) is 0 Å². The van der Waals surface area contributed by atoms with Gasteiger partial charge in [0, 0.05) is 30.2 Å². The number of hydrogen-bond acceptors (Lipinski definition) is 4. The molecule has 28 heavy (non-hydrogen) atoms. The van der Waals surface area contributed by atoms with E-state index in [1.54, 1.807) is 31.3 Å². The molecule has 0 radical (unpaired) electrons. The molecule has 0 saturated carbocycles. The van der Waals surface area contributed by atoms with Crippen LogP contribution in [0.2, 0.25) is 0 Å². The average Bonchev–Trinajstić information content (AvgIpc) is 3.07. The number of anilines is 1. The van der Waals surface area contributed by atoms with Crippen LogP contribution < -0.4 is 10.0 Å². The van der Waals surface area contributed by atoms with E-state index >= 15 is 0 Å². The van der Waals surface area contributed by atoms with Gasteiger partial charge in [-0.1, -0.05) is 12.1 Å². The third-order valence-corrected chi connectivity index (χ3v) is 4.87. The fourth-order valence-corrected chi connectivity index (χ4v) is 3.46. The summed E-state index contributed by atoms with van der Waals surface area (Å²) >= 11 is 0. The minimum absolute atomic E-state index is 0.219. The van der Waals surface area contributed by atoms with E-state index in [9.17, 15) is 13.2 Å². The predicted octanol–water partition coefficient (Wildman–Crippen LogP) is 2.79. The SMILES string of the molecule is Cc1cc(C(=O)NCc2ccc(-n3ccnc3C)cc2)ccc1NS(C)(=O)=O. The van der Waals surface area contributed by atoms with Crippen LogP contribution in [-0.2, 0) is 16.6 Å². The zero-order valence-corrected chi connectivity index (χ0v) is 16.7. The third kappa shape index (κ3) is 4.77. The van der Waals surface area contributed by atoms with E-state index in [1.165, 1.54) is 0 Å². The summed E-state index contributed by atoms with van der Waals surface area (Å²) in [6, 6.07) is 12.7. The van der Waals surface area contributed by atoms with E-state index in [0.717, 1.165) is 23.3 Å². The molecular formula is C20H22N4O3S. The van der Waals surface area contributed by atoms with Gasteiger partial charge < -0.3 is 9.88 Å². The van der Waals surface area contributed by atoms with E-state index < -0.39 is 10.0 Å². The van der Waals surface area contributed by atoms with Crippen LogP contribution in [0.5, 0.6) is 0 Å². The first-order valence-corrected chi connectivity index (χ1v) is 10.6. The molecule has 0 atom stereocenters. The Morgan fingerprint density at radius 3 is 2.39 bits per heavy atom. The second kappa shape index (κ2) is 7.85. The molecule has 0 spiro atoms. The molecule has 1 aromatic heterocycles. The topological polar surface area (TPSA) is 93.1 Å². The first-order valence-electron chi connectivity index (χ1n) is 8.69. The Balaban J connectivity index is 1.64. The number of carbonyl (C=O) groups excluding carboxylic acids is 1. The van der Waals surface area contributed by atoms with Gasteiger partial charge in [0.15, 0.2) is 0 Å². The monoisotopic (exact) mass is 398 g/mol. The first-order chi connectivity index (χ1) is 13.2. The van der Waals surface area contributed by atoms with Gasteiger partial charge in [-0.2, -0.15) is 0 Å². The van der Waals surface area contributed by atoms with Crippen LogP contribution in [0, 0.1) is 13.8 Å². The maximum absolute atomic E-state index is 12.4. The number of aromatic nitrogens is 2. The molecule has 2 aromatic carbocycles. The highest BCUT2D eigenvalue weighted by Gasteiger charge is 2.10. The highest BCUT2D eigenvalue weighted by Crippen LogP contribution is 2.18. The van der Waals surface area contributed by atoms with E-state index in [2.05, 4.69) is 15.0 Å². The largest absolute Gasteiger partial charge is 0.348 e. The van der Waals surface area contributed by atoms with E-state index in [4.69, 9.17) is 0 Å². The molecule has 1 amide bonds. The van der Waals surface area contributed by atoms with Gasteiger partial charge in [0.1, 0.15) is 5.82 Å².